The van der Waals surface area contributed by atoms with Crippen LogP contribution in [-0.4, -0.2) is 21.3 Å². The molecule has 120 valence electrons. The lowest BCUT2D eigenvalue weighted by Crippen LogP contribution is -2.04. The van der Waals surface area contributed by atoms with Crippen molar-refractivity contribution in [1.82, 2.24) is 0 Å². The summed E-state index contributed by atoms with van der Waals surface area (Å²) in [5.74, 6) is 0.549. The second-order valence-electron chi connectivity index (χ2n) is 4.94. The first-order chi connectivity index (χ1) is 11.1. The number of hydrogen-bond acceptors (Lipinski definition) is 4. The Bertz CT molecular complexity index is 699. The van der Waals surface area contributed by atoms with Crippen LogP contribution in [0.2, 0.25) is 0 Å². The molecule has 1 atom stereocenters. The van der Waals surface area contributed by atoms with Crippen LogP contribution in [0.15, 0.2) is 36.4 Å². The molecule has 23 heavy (non-hydrogen) atoms. The predicted octanol–water partition coefficient (Wildman–Crippen LogP) is 3.70. The van der Waals surface area contributed by atoms with E-state index in [1.54, 1.807) is 30.3 Å². The molecule has 5 heteroatoms. The van der Waals surface area contributed by atoms with E-state index >= 15 is 0 Å². The number of ether oxygens (including phenoxy) is 3. The molecule has 0 aliphatic carbocycles. The highest BCUT2D eigenvalue weighted by Gasteiger charge is 2.20. The number of nitrogens with zero attached hydrogens (tertiary/aromatic N) is 1. The second-order valence-corrected chi connectivity index (χ2v) is 4.94. The van der Waals surface area contributed by atoms with E-state index in [2.05, 4.69) is 6.07 Å². The van der Waals surface area contributed by atoms with Crippen LogP contribution in [0.25, 0.3) is 0 Å². The fourth-order valence-corrected chi connectivity index (χ4v) is 2.42. The van der Waals surface area contributed by atoms with Gasteiger partial charge in [0, 0.05) is 0 Å². The fraction of sp³-hybridized carbons (Fsp3) is 0.278. The molecular weight excluding hydrogens is 297 g/mol. The van der Waals surface area contributed by atoms with Crippen LogP contribution in [0.1, 0.15) is 17.0 Å². The number of nitriles is 1. The van der Waals surface area contributed by atoms with Crippen molar-refractivity contribution >= 4 is 0 Å². The summed E-state index contributed by atoms with van der Waals surface area (Å²) in [5.41, 5.74) is 1.18. The van der Waals surface area contributed by atoms with Gasteiger partial charge in [-0.15, -0.1) is 0 Å². The fourth-order valence-electron chi connectivity index (χ4n) is 2.42. The Kier molecular flexibility index (Phi) is 5.42. The first-order valence-corrected chi connectivity index (χ1v) is 7.07. The zero-order valence-corrected chi connectivity index (χ0v) is 13.3. The Balaban J connectivity index is 2.42. The van der Waals surface area contributed by atoms with E-state index in [1.165, 1.54) is 27.4 Å². The van der Waals surface area contributed by atoms with Crippen molar-refractivity contribution in [2.75, 3.05) is 21.3 Å². The summed E-state index contributed by atoms with van der Waals surface area (Å²) in [7, 11) is 4.54. The lowest BCUT2D eigenvalue weighted by atomic mass is 9.92. The molecule has 2 rings (SSSR count). The average Bonchev–Trinajstić information content (AvgIpc) is 2.59. The van der Waals surface area contributed by atoms with Gasteiger partial charge in [0.15, 0.2) is 11.5 Å². The van der Waals surface area contributed by atoms with Crippen LogP contribution in [0.4, 0.5) is 4.39 Å². The van der Waals surface area contributed by atoms with Gasteiger partial charge in [0.25, 0.3) is 0 Å². The summed E-state index contributed by atoms with van der Waals surface area (Å²) in [4.78, 5) is 0. The molecule has 2 aromatic rings. The first kappa shape index (κ1) is 16.6. The van der Waals surface area contributed by atoms with Crippen molar-refractivity contribution in [3.63, 3.8) is 0 Å². The van der Waals surface area contributed by atoms with E-state index in [9.17, 15) is 9.65 Å². The van der Waals surface area contributed by atoms with E-state index in [0.29, 0.717) is 28.4 Å². The standard InChI is InChI=1S/C18H18FNO3/c1-21-16-9-13(10-17(22-2)18(16)23-3)14(11-20)8-12-6-4-5-7-15(12)19/h4-7,9-10,14H,8H2,1-3H3. The minimum absolute atomic E-state index is 0.266. The van der Waals surface area contributed by atoms with Gasteiger partial charge in [0.2, 0.25) is 5.75 Å². The van der Waals surface area contributed by atoms with Crippen LogP contribution >= 0.6 is 0 Å². The normalized spacial score (nSPS) is 11.4. The molecule has 0 radical (unpaired) electrons. The van der Waals surface area contributed by atoms with Gasteiger partial charge in [-0.25, -0.2) is 4.39 Å². The van der Waals surface area contributed by atoms with E-state index < -0.39 is 5.92 Å². The van der Waals surface area contributed by atoms with Gasteiger partial charge < -0.3 is 14.2 Å². The second kappa shape index (κ2) is 7.50. The molecule has 0 bridgehead atoms. The van der Waals surface area contributed by atoms with Crippen LogP contribution in [0.3, 0.4) is 0 Å². The van der Waals surface area contributed by atoms with Crippen molar-refractivity contribution < 1.29 is 18.6 Å². The molecule has 4 nitrogen and oxygen atoms in total. The van der Waals surface area contributed by atoms with Crippen LogP contribution in [0, 0.1) is 17.1 Å². The molecule has 0 saturated carbocycles. The maximum Gasteiger partial charge on any atom is 0.203 e. The summed E-state index contributed by atoms with van der Waals surface area (Å²) >= 11 is 0. The van der Waals surface area contributed by atoms with Crippen molar-refractivity contribution in [1.29, 1.82) is 5.26 Å². The zero-order chi connectivity index (χ0) is 16.8. The quantitative estimate of drug-likeness (QED) is 0.815. The highest BCUT2D eigenvalue weighted by Crippen LogP contribution is 2.40. The van der Waals surface area contributed by atoms with E-state index in [4.69, 9.17) is 14.2 Å². The summed E-state index contributed by atoms with van der Waals surface area (Å²) in [6.07, 6.45) is 0.266. The summed E-state index contributed by atoms with van der Waals surface area (Å²) < 4.78 is 29.7. The van der Waals surface area contributed by atoms with E-state index in [-0.39, 0.29) is 12.2 Å². The molecule has 0 N–H and O–H groups in total. The average molecular weight is 315 g/mol. The minimum Gasteiger partial charge on any atom is -0.493 e. The molecule has 0 saturated heterocycles. The van der Waals surface area contributed by atoms with Gasteiger partial charge >= 0.3 is 0 Å². The van der Waals surface area contributed by atoms with Crippen molar-refractivity contribution in [2.24, 2.45) is 0 Å². The van der Waals surface area contributed by atoms with Crippen LogP contribution in [0.5, 0.6) is 17.2 Å². The van der Waals surface area contributed by atoms with Gasteiger partial charge in [-0.2, -0.15) is 5.26 Å². The number of methoxy groups -OCH3 is 3. The monoisotopic (exact) mass is 315 g/mol. The van der Waals surface area contributed by atoms with Gasteiger partial charge in [-0.3, -0.25) is 0 Å². The Hall–Kier alpha value is -2.74. The molecule has 0 aromatic heterocycles. The van der Waals surface area contributed by atoms with Crippen molar-refractivity contribution in [3.8, 4) is 23.3 Å². The van der Waals surface area contributed by atoms with E-state index in [0.717, 1.165) is 0 Å². The highest BCUT2D eigenvalue weighted by atomic mass is 19.1. The van der Waals surface area contributed by atoms with Gasteiger partial charge in [-0.05, 0) is 35.7 Å². The third kappa shape index (κ3) is 3.54. The van der Waals surface area contributed by atoms with Crippen molar-refractivity contribution in [3.05, 3.63) is 53.3 Å². The zero-order valence-electron chi connectivity index (χ0n) is 13.3. The molecule has 1 unspecified atom stereocenters. The number of rotatable bonds is 6. The number of hydrogen-bond donors (Lipinski definition) is 0. The predicted molar refractivity (Wildman–Crippen MR) is 84.6 cm³/mol. The molecule has 0 spiro atoms. The van der Waals surface area contributed by atoms with Crippen LogP contribution < -0.4 is 14.2 Å². The summed E-state index contributed by atoms with van der Waals surface area (Å²) in [6, 6.07) is 12.1. The molecule has 0 aliphatic heterocycles. The smallest absolute Gasteiger partial charge is 0.203 e. The Morgan fingerprint density at radius 3 is 2.13 bits per heavy atom. The third-order valence-electron chi connectivity index (χ3n) is 3.63. The maximum atomic E-state index is 13.8. The molecule has 2 aromatic carbocycles. The van der Waals surface area contributed by atoms with Gasteiger partial charge in [0.1, 0.15) is 5.82 Å². The number of benzene rings is 2. The van der Waals surface area contributed by atoms with Crippen LogP contribution in [-0.2, 0) is 6.42 Å². The molecule has 0 aliphatic rings. The lowest BCUT2D eigenvalue weighted by molar-refractivity contribution is 0.323. The Morgan fingerprint density at radius 1 is 1.04 bits per heavy atom. The Morgan fingerprint density at radius 2 is 1.65 bits per heavy atom. The summed E-state index contributed by atoms with van der Waals surface area (Å²) in [6.45, 7) is 0. The molecular formula is C18H18FNO3. The third-order valence-corrected chi connectivity index (χ3v) is 3.63. The topological polar surface area (TPSA) is 51.5 Å². The molecule has 0 fully saturated rings. The molecule has 0 heterocycles. The highest BCUT2D eigenvalue weighted by molar-refractivity contribution is 5.55. The molecule has 0 amide bonds. The maximum absolute atomic E-state index is 13.8. The van der Waals surface area contributed by atoms with Gasteiger partial charge in [-0.1, -0.05) is 18.2 Å². The Labute approximate surface area is 135 Å². The van der Waals surface area contributed by atoms with Gasteiger partial charge in [0.05, 0.1) is 33.3 Å². The SMILES string of the molecule is COc1cc(C(C#N)Cc2ccccc2F)cc(OC)c1OC. The van der Waals surface area contributed by atoms with Crippen molar-refractivity contribution in [2.45, 2.75) is 12.3 Å². The first-order valence-electron chi connectivity index (χ1n) is 7.07. The van der Waals surface area contributed by atoms with E-state index in [1.807, 2.05) is 0 Å². The summed E-state index contributed by atoms with van der Waals surface area (Å²) in [5, 5.41) is 9.50. The minimum atomic E-state index is -0.527. The largest absolute Gasteiger partial charge is 0.493 e. The lowest BCUT2D eigenvalue weighted by Gasteiger charge is -2.16. The number of halogens is 1.